The maximum Gasteiger partial charge on any atom is 0.405 e. The summed E-state index contributed by atoms with van der Waals surface area (Å²) in [5, 5.41) is 1.94. The molecule has 5 nitrogen and oxygen atoms in total. The van der Waals surface area contributed by atoms with Crippen LogP contribution >= 0.6 is 0 Å². The van der Waals surface area contributed by atoms with Crippen LogP contribution in [0, 0.1) is 12.8 Å². The van der Waals surface area contributed by atoms with Crippen molar-refractivity contribution in [3.05, 3.63) is 18.0 Å². The molecule has 21 heavy (non-hydrogen) atoms. The first-order valence-corrected chi connectivity index (χ1v) is 6.73. The summed E-state index contributed by atoms with van der Waals surface area (Å²) >= 11 is 0. The Labute approximate surface area is 120 Å². The smallest absolute Gasteiger partial charge is 0.347 e. The Bertz CT molecular complexity index is 489. The van der Waals surface area contributed by atoms with E-state index >= 15 is 0 Å². The Morgan fingerprint density at radius 3 is 2.71 bits per heavy atom. The summed E-state index contributed by atoms with van der Waals surface area (Å²) in [5.74, 6) is -0.524. The average Bonchev–Trinajstić information content (AvgIpc) is 2.45. The molecule has 2 rings (SSSR count). The minimum absolute atomic E-state index is 0.340. The number of piperidine rings is 1. The number of anilines is 1. The van der Waals surface area contributed by atoms with Crippen LogP contribution in [0.2, 0.25) is 0 Å². The van der Waals surface area contributed by atoms with Crippen molar-refractivity contribution in [2.45, 2.75) is 25.9 Å². The molecule has 1 aromatic rings. The topological polar surface area (TPSA) is 58.1 Å². The molecule has 1 aliphatic rings. The van der Waals surface area contributed by atoms with Gasteiger partial charge in [-0.15, -0.1) is 0 Å². The van der Waals surface area contributed by atoms with E-state index in [1.807, 2.05) is 17.1 Å². The number of alkyl halides is 3. The molecule has 0 radical (unpaired) electrons. The van der Waals surface area contributed by atoms with Gasteiger partial charge in [0.05, 0.1) is 5.92 Å². The van der Waals surface area contributed by atoms with Crippen LogP contribution in [0.4, 0.5) is 19.1 Å². The van der Waals surface area contributed by atoms with Gasteiger partial charge in [0.25, 0.3) is 0 Å². The van der Waals surface area contributed by atoms with Crippen molar-refractivity contribution in [2.75, 3.05) is 24.5 Å². The van der Waals surface area contributed by atoms with Crippen LogP contribution in [0.25, 0.3) is 0 Å². The maximum atomic E-state index is 12.1. The molecule has 0 aliphatic carbocycles. The normalized spacial score (nSPS) is 19.4. The van der Waals surface area contributed by atoms with Crippen molar-refractivity contribution >= 4 is 11.9 Å². The van der Waals surface area contributed by atoms with Gasteiger partial charge < -0.3 is 10.2 Å². The average molecular weight is 302 g/mol. The molecule has 0 spiro atoms. The van der Waals surface area contributed by atoms with E-state index in [2.05, 4.69) is 9.97 Å². The fourth-order valence-electron chi connectivity index (χ4n) is 2.25. The molecule has 1 aliphatic heterocycles. The molecular weight excluding hydrogens is 285 g/mol. The van der Waals surface area contributed by atoms with Crippen LogP contribution in [-0.4, -0.2) is 41.7 Å². The summed E-state index contributed by atoms with van der Waals surface area (Å²) in [4.78, 5) is 22.0. The Hall–Kier alpha value is -1.86. The molecule has 1 saturated heterocycles. The van der Waals surface area contributed by atoms with E-state index in [1.165, 1.54) is 0 Å². The summed E-state index contributed by atoms with van der Waals surface area (Å²) in [7, 11) is 0. The van der Waals surface area contributed by atoms with Crippen molar-refractivity contribution in [3.8, 4) is 0 Å². The molecule has 0 saturated carbocycles. The fraction of sp³-hybridized carbons (Fsp3) is 0.615. The van der Waals surface area contributed by atoms with Crippen molar-refractivity contribution < 1.29 is 18.0 Å². The maximum absolute atomic E-state index is 12.1. The number of aromatic nitrogens is 2. The fourth-order valence-corrected chi connectivity index (χ4v) is 2.25. The molecule has 1 amide bonds. The minimum Gasteiger partial charge on any atom is -0.347 e. The van der Waals surface area contributed by atoms with Gasteiger partial charge in [-0.25, -0.2) is 9.97 Å². The Kier molecular flexibility index (Phi) is 4.64. The number of nitrogens with one attached hydrogen (secondary N) is 1. The summed E-state index contributed by atoms with van der Waals surface area (Å²) in [6.07, 6.45) is 0.267. The zero-order valence-corrected chi connectivity index (χ0v) is 11.7. The van der Waals surface area contributed by atoms with E-state index in [1.54, 1.807) is 12.4 Å². The third-order valence-electron chi connectivity index (χ3n) is 3.31. The van der Waals surface area contributed by atoms with Crippen LogP contribution in [-0.2, 0) is 4.79 Å². The van der Waals surface area contributed by atoms with E-state index in [-0.39, 0.29) is 0 Å². The lowest BCUT2D eigenvalue weighted by atomic mass is 9.97. The van der Waals surface area contributed by atoms with Crippen molar-refractivity contribution in [2.24, 2.45) is 5.92 Å². The second-order valence-electron chi connectivity index (χ2n) is 5.18. The third-order valence-corrected chi connectivity index (χ3v) is 3.31. The van der Waals surface area contributed by atoms with E-state index < -0.39 is 24.5 Å². The number of amides is 1. The molecule has 8 heteroatoms. The predicted octanol–water partition coefficient (Wildman–Crippen LogP) is 1.68. The summed E-state index contributed by atoms with van der Waals surface area (Å²) in [5.41, 5.74) is 0.926. The second kappa shape index (κ2) is 6.28. The van der Waals surface area contributed by atoms with Gasteiger partial charge in [-0.05, 0) is 25.3 Å². The van der Waals surface area contributed by atoms with Gasteiger partial charge in [0.1, 0.15) is 6.54 Å². The molecule has 2 heterocycles. The molecule has 1 atom stereocenters. The molecule has 0 aromatic carbocycles. The lowest BCUT2D eigenvalue weighted by Gasteiger charge is -2.32. The molecule has 1 aromatic heterocycles. The standard InChI is InChI=1S/C13H17F3N4O/c1-9-5-17-12(18-6-9)20-4-2-3-10(7-20)11(21)19-8-13(14,15)16/h5-6,10H,2-4,7-8H2,1H3,(H,19,21). The third kappa shape index (κ3) is 4.57. The number of carbonyl (C=O) groups is 1. The lowest BCUT2D eigenvalue weighted by molar-refractivity contribution is -0.140. The summed E-state index contributed by atoms with van der Waals surface area (Å²) in [6, 6.07) is 0. The predicted molar refractivity (Wildman–Crippen MR) is 70.8 cm³/mol. The zero-order chi connectivity index (χ0) is 15.5. The monoisotopic (exact) mass is 302 g/mol. The SMILES string of the molecule is Cc1cnc(N2CCCC(C(=O)NCC(F)(F)F)C2)nc1. The molecular formula is C13H17F3N4O. The first kappa shape index (κ1) is 15.5. The Balaban J connectivity index is 1.94. The van der Waals surface area contributed by atoms with Crippen LogP contribution in [0.1, 0.15) is 18.4 Å². The number of carbonyl (C=O) groups excluding carboxylic acids is 1. The molecule has 1 fully saturated rings. The van der Waals surface area contributed by atoms with Crippen molar-refractivity contribution in [3.63, 3.8) is 0 Å². The van der Waals surface area contributed by atoms with E-state index in [9.17, 15) is 18.0 Å². The van der Waals surface area contributed by atoms with Crippen molar-refractivity contribution in [1.82, 2.24) is 15.3 Å². The van der Waals surface area contributed by atoms with Crippen LogP contribution < -0.4 is 10.2 Å². The zero-order valence-electron chi connectivity index (χ0n) is 11.7. The lowest BCUT2D eigenvalue weighted by Crippen LogP contribution is -2.45. The number of hydrogen-bond acceptors (Lipinski definition) is 4. The molecule has 116 valence electrons. The van der Waals surface area contributed by atoms with Crippen LogP contribution in [0.15, 0.2) is 12.4 Å². The highest BCUT2D eigenvalue weighted by atomic mass is 19.4. The number of hydrogen-bond donors (Lipinski definition) is 1. The van der Waals surface area contributed by atoms with Gasteiger partial charge in [0, 0.05) is 25.5 Å². The summed E-state index contributed by atoms with van der Waals surface area (Å²) < 4.78 is 36.4. The number of nitrogens with zero attached hydrogens (tertiary/aromatic N) is 3. The second-order valence-corrected chi connectivity index (χ2v) is 5.18. The Morgan fingerprint density at radius 2 is 2.10 bits per heavy atom. The number of halogens is 3. The van der Waals surface area contributed by atoms with Gasteiger partial charge in [-0.3, -0.25) is 4.79 Å². The van der Waals surface area contributed by atoms with Crippen LogP contribution in [0.5, 0.6) is 0 Å². The van der Waals surface area contributed by atoms with Gasteiger partial charge >= 0.3 is 6.18 Å². The highest BCUT2D eigenvalue weighted by molar-refractivity contribution is 5.79. The highest BCUT2D eigenvalue weighted by Gasteiger charge is 2.31. The number of rotatable bonds is 3. The molecule has 1 unspecified atom stereocenters. The highest BCUT2D eigenvalue weighted by Crippen LogP contribution is 2.21. The van der Waals surface area contributed by atoms with Crippen LogP contribution in [0.3, 0.4) is 0 Å². The first-order valence-electron chi connectivity index (χ1n) is 6.73. The first-order chi connectivity index (χ1) is 9.85. The van der Waals surface area contributed by atoms with Crippen molar-refractivity contribution in [1.29, 1.82) is 0 Å². The molecule has 1 N–H and O–H groups in total. The van der Waals surface area contributed by atoms with Gasteiger partial charge in [-0.1, -0.05) is 0 Å². The van der Waals surface area contributed by atoms with Gasteiger partial charge in [-0.2, -0.15) is 13.2 Å². The molecule has 0 bridgehead atoms. The Morgan fingerprint density at radius 1 is 1.43 bits per heavy atom. The van der Waals surface area contributed by atoms with Gasteiger partial charge in [0.15, 0.2) is 0 Å². The number of aryl methyl sites for hydroxylation is 1. The van der Waals surface area contributed by atoms with E-state index in [4.69, 9.17) is 0 Å². The van der Waals surface area contributed by atoms with Gasteiger partial charge in [0.2, 0.25) is 11.9 Å². The largest absolute Gasteiger partial charge is 0.405 e. The summed E-state index contributed by atoms with van der Waals surface area (Å²) in [6.45, 7) is 1.62. The van der Waals surface area contributed by atoms with E-state index in [0.717, 1.165) is 12.0 Å². The quantitative estimate of drug-likeness (QED) is 0.923. The minimum atomic E-state index is -4.38. The van der Waals surface area contributed by atoms with E-state index in [0.29, 0.717) is 25.5 Å².